The molecule has 4 nitrogen and oxygen atoms in total. The van der Waals surface area contributed by atoms with Gasteiger partial charge in [-0.15, -0.1) is 11.3 Å². The first-order chi connectivity index (χ1) is 9.16. The van der Waals surface area contributed by atoms with E-state index in [1.165, 1.54) is 5.56 Å². The summed E-state index contributed by atoms with van der Waals surface area (Å²) in [5, 5.41) is 7.12. The van der Waals surface area contributed by atoms with Gasteiger partial charge in [0.25, 0.3) is 0 Å². The van der Waals surface area contributed by atoms with Crippen LogP contribution in [0.1, 0.15) is 5.56 Å². The molecule has 0 fully saturated rings. The Morgan fingerprint density at radius 3 is 2.84 bits per heavy atom. The number of anilines is 1. The lowest BCUT2D eigenvalue weighted by atomic mass is 10.1. The molecule has 0 spiro atoms. The molecule has 3 aromatic rings. The van der Waals surface area contributed by atoms with Gasteiger partial charge in [-0.25, -0.2) is 0 Å². The molecule has 0 aliphatic heterocycles. The lowest BCUT2D eigenvalue weighted by molar-refractivity contribution is 1.11. The summed E-state index contributed by atoms with van der Waals surface area (Å²) < 4.78 is 1.11. The van der Waals surface area contributed by atoms with Crippen LogP contribution in [-0.2, 0) is 0 Å². The Labute approximate surface area is 122 Å². The predicted octanol–water partition coefficient (Wildman–Crippen LogP) is 3.85. The molecule has 0 radical (unpaired) electrons. The van der Waals surface area contributed by atoms with Gasteiger partial charge >= 0.3 is 0 Å². The molecule has 0 aromatic carbocycles. The van der Waals surface area contributed by atoms with Gasteiger partial charge in [-0.3, -0.25) is 10.1 Å². The van der Waals surface area contributed by atoms with Crippen molar-refractivity contribution in [2.75, 3.05) is 5.73 Å². The van der Waals surface area contributed by atoms with Crippen molar-refractivity contribution in [1.82, 2.24) is 15.2 Å². The number of rotatable bonds is 2. The molecule has 6 heteroatoms. The zero-order chi connectivity index (χ0) is 13.4. The van der Waals surface area contributed by atoms with Crippen LogP contribution in [0.15, 0.2) is 34.2 Å². The number of hydrogen-bond acceptors (Lipinski definition) is 4. The highest BCUT2D eigenvalue weighted by Gasteiger charge is 2.17. The molecule has 96 valence electrons. The minimum absolute atomic E-state index is 0.468. The highest BCUT2D eigenvalue weighted by atomic mass is 79.9. The average Bonchev–Trinajstić information content (AvgIpc) is 2.95. The largest absolute Gasteiger partial charge is 0.382 e. The van der Waals surface area contributed by atoms with E-state index in [4.69, 9.17) is 5.73 Å². The van der Waals surface area contributed by atoms with Crippen LogP contribution in [0.25, 0.3) is 21.8 Å². The summed E-state index contributed by atoms with van der Waals surface area (Å²) in [5.41, 5.74) is 9.75. The quantitative estimate of drug-likeness (QED) is 0.747. The number of thiophene rings is 1. The standard InChI is InChI=1S/C13H11BrN4S/c1-7-6-9(19-12(7)14)11-10(13(15)18-17-11)8-4-2-3-5-16-8/h2-6H,1H3,(H3,15,17,18). The molecule has 0 aliphatic rings. The molecule has 3 N–H and O–H groups in total. The molecule has 19 heavy (non-hydrogen) atoms. The van der Waals surface area contributed by atoms with Crippen molar-refractivity contribution < 1.29 is 0 Å². The third kappa shape index (κ3) is 2.17. The first-order valence-corrected chi connectivity index (χ1v) is 7.29. The van der Waals surface area contributed by atoms with E-state index in [0.29, 0.717) is 5.82 Å². The van der Waals surface area contributed by atoms with E-state index in [9.17, 15) is 0 Å². The maximum absolute atomic E-state index is 5.97. The summed E-state index contributed by atoms with van der Waals surface area (Å²) in [6, 6.07) is 7.85. The molecule has 0 amide bonds. The van der Waals surface area contributed by atoms with Crippen LogP contribution in [0.5, 0.6) is 0 Å². The summed E-state index contributed by atoms with van der Waals surface area (Å²) in [4.78, 5) is 5.44. The lowest BCUT2D eigenvalue weighted by Crippen LogP contribution is -1.90. The number of aromatic amines is 1. The van der Waals surface area contributed by atoms with Crippen molar-refractivity contribution in [2.24, 2.45) is 0 Å². The minimum atomic E-state index is 0.468. The number of halogens is 1. The second-order valence-corrected chi connectivity index (χ2v) is 6.51. The third-order valence-corrected chi connectivity index (χ3v) is 4.97. The van der Waals surface area contributed by atoms with Crippen LogP contribution >= 0.6 is 27.3 Å². The van der Waals surface area contributed by atoms with Crippen LogP contribution in [0, 0.1) is 6.92 Å². The van der Waals surface area contributed by atoms with Gasteiger partial charge in [-0.1, -0.05) is 6.07 Å². The molecule has 0 saturated heterocycles. The van der Waals surface area contributed by atoms with Crippen molar-refractivity contribution in [3.63, 3.8) is 0 Å². The fraction of sp³-hybridized carbons (Fsp3) is 0.0769. The summed E-state index contributed by atoms with van der Waals surface area (Å²) in [6.07, 6.45) is 1.75. The second kappa shape index (κ2) is 4.79. The van der Waals surface area contributed by atoms with Crippen LogP contribution in [-0.4, -0.2) is 15.2 Å². The molecule has 0 aliphatic carbocycles. The number of nitrogens with one attached hydrogen (secondary N) is 1. The molecular weight excluding hydrogens is 324 g/mol. The molecule has 0 atom stereocenters. The Morgan fingerprint density at radius 1 is 1.37 bits per heavy atom. The lowest BCUT2D eigenvalue weighted by Gasteiger charge is -2.01. The SMILES string of the molecule is Cc1cc(-c2[nH]nc(N)c2-c2ccccn2)sc1Br. The van der Waals surface area contributed by atoms with E-state index < -0.39 is 0 Å². The van der Waals surface area contributed by atoms with Crippen molar-refractivity contribution in [2.45, 2.75) is 6.92 Å². The fourth-order valence-corrected chi connectivity index (χ4v) is 3.42. The summed E-state index contributed by atoms with van der Waals surface area (Å²) >= 11 is 5.19. The monoisotopic (exact) mass is 334 g/mol. The molecule has 3 aromatic heterocycles. The van der Waals surface area contributed by atoms with E-state index in [-0.39, 0.29) is 0 Å². The number of nitrogens with two attached hydrogens (primary N) is 1. The smallest absolute Gasteiger partial charge is 0.155 e. The van der Waals surface area contributed by atoms with Crippen LogP contribution < -0.4 is 5.73 Å². The van der Waals surface area contributed by atoms with Crippen molar-refractivity contribution in [3.8, 4) is 21.8 Å². The van der Waals surface area contributed by atoms with Crippen LogP contribution in [0.3, 0.4) is 0 Å². The third-order valence-electron chi connectivity index (χ3n) is 2.82. The molecule has 3 rings (SSSR count). The predicted molar refractivity (Wildman–Crippen MR) is 82.0 cm³/mol. The van der Waals surface area contributed by atoms with Gasteiger partial charge in [0.15, 0.2) is 5.82 Å². The number of aromatic nitrogens is 3. The number of nitrogen functional groups attached to an aromatic ring is 1. The number of nitrogens with zero attached hydrogens (tertiary/aromatic N) is 2. The van der Waals surface area contributed by atoms with E-state index in [0.717, 1.165) is 25.6 Å². The topological polar surface area (TPSA) is 67.6 Å². The van der Waals surface area contributed by atoms with E-state index in [1.807, 2.05) is 18.2 Å². The fourth-order valence-electron chi connectivity index (χ4n) is 1.89. The van der Waals surface area contributed by atoms with Crippen LogP contribution in [0.2, 0.25) is 0 Å². The highest BCUT2D eigenvalue weighted by Crippen LogP contribution is 2.39. The number of H-pyrrole nitrogens is 1. The zero-order valence-electron chi connectivity index (χ0n) is 10.1. The maximum Gasteiger partial charge on any atom is 0.155 e. The maximum atomic E-state index is 5.97. The summed E-state index contributed by atoms with van der Waals surface area (Å²) in [5.74, 6) is 0.468. The molecule has 3 heterocycles. The van der Waals surface area contributed by atoms with Gasteiger partial charge in [-0.05, 0) is 46.6 Å². The molecular formula is C13H11BrN4S. The average molecular weight is 335 g/mol. The number of aryl methyl sites for hydroxylation is 1. The number of pyridine rings is 1. The van der Waals surface area contributed by atoms with Gasteiger partial charge in [0.2, 0.25) is 0 Å². The van der Waals surface area contributed by atoms with E-state index >= 15 is 0 Å². The molecule has 0 unspecified atom stereocenters. The van der Waals surface area contributed by atoms with Gasteiger partial charge in [-0.2, -0.15) is 5.10 Å². The Hall–Kier alpha value is -1.66. The van der Waals surface area contributed by atoms with E-state index in [1.54, 1.807) is 17.5 Å². The zero-order valence-corrected chi connectivity index (χ0v) is 12.5. The van der Waals surface area contributed by atoms with Crippen molar-refractivity contribution in [1.29, 1.82) is 0 Å². The van der Waals surface area contributed by atoms with Crippen molar-refractivity contribution in [3.05, 3.63) is 39.8 Å². The molecule has 0 saturated carbocycles. The summed E-state index contributed by atoms with van der Waals surface area (Å²) in [6.45, 7) is 2.06. The second-order valence-electron chi connectivity index (χ2n) is 4.14. The first kappa shape index (κ1) is 12.4. The van der Waals surface area contributed by atoms with Gasteiger partial charge in [0.1, 0.15) is 0 Å². The van der Waals surface area contributed by atoms with Crippen LogP contribution in [0.4, 0.5) is 5.82 Å². The van der Waals surface area contributed by atoms with Gasteiger partial charge < -0.3 is 5.73 Å². The highest BCUT2D eigenvalue weighted by molar-refractivity contribution is 9.11. The van der Waals surface area contributed by atoms with E-state index in [2.05, 4.69) is 44.1 Å². The number of hydrogen-bond donors (Lipinski definition) is 2. The minimum Gasteiger partial charge on any atom is -0.382 e. The Bertz CT molecular complexity index is 698. The Balaban J connectivity index is 2.19. The van der Waals surface area contributed by atoms with Crippen molar-refractivity contribution >= 4 is 33.1 Å². The summed E-state index contributed by atoms with van der Waals surface area (Å²) in [7, 11) is 0. The first-order valence-electron chi connectivity index (χ1n) is 5.68. The Morgan fingerprint density at radius 2 is 2.21 bits per heavy atom. The Kier molecular flexibility index (Phi) is 3.12. The van der Waals surface area contributed by atoms with Gasteiger partial charge in [0, 0.05) is 6.20 Å². The molecule has 0 bridgehead atoms. The van der Waals surface area contributed by atoms with Gasteiger partial charge in [0.05, 0.1) is 25.6 Å². The normalized spacial score (nSPS) is 10.8.